The van der Waals surface area contributed by atoms with Gasteiger partial charge in [-0.05, 0) is 11.3 Å². The van der Waals surface area contributed by atoms with Crippen LogP contribution in [0.25, 0.3) is 6.08 Å². The van der Waals surface area contributed by atoms with Gasteiger partial charge in [0.2, 0.25) is 0 Å². The van der Waals surface area contributed by atoms with Crippen molar-refractivity contribution in [3.8, 4) is 0 Å². The monoisotopic (exact) mass is 296 g/mol. The van der Waals surface area contributed by atoms with E-state index in [1.807, 2.05) is 42.1 Å². The smallest absolute Gasteiger partial charge is 0.374 e. The fourth-order valence-electron chi connectivity index (χ4n) is 1.64. The van der Waals surface area contributed by atoms with Crippen molar-refractivity contribution >= 4 is 14.9 Å². The van der Waals surface area contributed by atoms with Gasteiger partial charge in [0.1, 0.15) is 0 Å². The van der Waals surface area contributed by atoms with Crippen molar-refractivity contribution in [2.45, 2.75) is 0 Å². The summed E-state index contributed by atoms with van der Waals surface area (Å²) in [4.78, 5) is 0. The highest BCUT2D eigenvalue weighted by molar-refractivity contribution is 6.66. The Kier molecular flexibility index (Phi) is 8.36. The molecule has 0 amide bonds. The molecular formula is C14H24N2O3Si. The molecule has 0 aliphatic carbocycles. The van der Waals surface area contributed by atoms with Crippen LogP contribution in [0.5, 0.6) is 0 Å². The number of hydrogen-bond acceptors (Lipinski definition) is 5. The molecule has 0 fully saturated rings. The summed E-state index contributed by atoms with van der Waals surface area (Å²) in [6.07, 6.45) is 1.96. The van der Waals surface area contributed by atoms with E-state index in [0.717, 1.165) is 18.7 Å². The molecule has 0 spiro atoms. The highest BCUT2D eigenvalue weighted by Gasteiger charge is 2.35. The van der Waals surface area contributed by atoms with Gasteiger partial charge in [-0.3, -0.25) is 0 Å². The highest BCUT2D eigenvalue weighted by atomic mass is 28.4. The Morgan fingerprint density at radius 1 is 1.15 bits per heavy atom. The third kappa shape index (κ3) is 5.95. The van der Waals surface area contributed by atoms with E-state index in [9.17, 15) is 0 Å². The van der Waals surface area contributed by atoms with Gasteiger partial charge in [0.05, 0.1) is 6.61 Å². The molecule has 6 heteroatoms. The molecule has 0 aliphatic heterocycles. The molecule has 1 aromatic rings. The van der Waals surface area contributed by atoms with Crippen LogP contribution in [0.15, 0.2) is 36.0 Å². The maximum atomic E-state index is 5.80. The van der Waals surface area contributed by atoms with Gasteiger partial charge < -0.3 is 24.3 Å². The first-order valence-corrected chi connectivity index (χ1v) is 8.46. The molecule has 1 aromatic carbocycles. The lowest BCUT2D eigenvalue weighted by atomic mass is 10.2. The van der Waals surface area contributed by atoms with Crippen LogP contribution in [0.2, 0.25) is 0 Å². The molecule has 0 bridgehead atoms. The van der Waals surface area contributed by atoms with Crippen molar-refractivity contribution in [3.05, 3.63) is 41.6 Å². The van der Waals surface area contributed by atoms with Crippen molar-refractivity contribution < 1.29 is 13.3 Å². The summed E-state index contributed by atoms with van der Waals surface area (Å²) in [5.74, 6) is 0. The zero-order chi connectivity index (χ0) is 14.7. The lowest BCUT2D eigenvalue weighted by molar-refractivity contribution is 0.113. The molecular weight excluding hydrogens is 272 g/mol. The third-order valence-electron chi connectivity index (χ3n) is 2.75. The fraction of sp³-hybridized carbons (Fsp3) is 0.429. The molecule has 0 unspecified atom stereocenters. The molecule has 0 heterocycles. The van der Waals surface area contributed by atoms with Gasteiger partial charge in [0.15, 0.2) is 0 Å². The minimum absolute atomic E-state index is 0.521. The second-order valence-electron chi connectivity index (χ2n) is 4.14. The minimum Gasteiger partial charge on any atom is -0.374 e. The molecule has 0 aliphatic rings. The predicted molar refractivity (Wildman–Crippen MR) is 83.1 cm³/mol. The molecule has 0 radical (unpaired) electrons. The number of benzene rings is 1. The Bertz CT molecular complexity index is 383. The van der Waals surface area contributed by atoms with Gasteiger partial charge in [-0.2, -0.15) is 0 Å². The van der Waals surface area contributed by atoms with E-state index in [-0.39, 0.29) is 0 Å². The Balaban J connectivity index is 2.55. The van der Waals surface area contributed by atoms with E-state index in [1.54, 1.807) is 14.2 Å². The molecule has 1 rings (SSSR count). The van der Waals surface area contributed by atoms with Gasteiger partial charge in [0, 0.05) is 33.9 Å². The van der Waals surface area contributed by atoms with Gasteiger partial charge >= 0.3 is 8.80 Å². The lowest BCUT2D eigenvalue weighted by Gasteiger charge is -2.23. The van der Waals surface area contributed by atoms with E-state index >= 15 is 0 Å². The van der Waals surface area contributed by atoms with E-state index < -0.39 is 8.80 Å². The zero-order valence-corrected chi connectivity index (χ0v) is 13.2. The zero-order valence-electron chi connectivity index (χ0n) is 12.2. The van der Waals surface area contributed by atoms with Crippen LogP contribution >= 0.6 is 0 Å². The SMILES string of the molecule is CO[Si](C=Cc1ccccc1)(OC)OCCNCCN. The van der Waals surface area contributed by atoms with Crippen molar-refractivity contribution in [2.24, 2.45) is 5.73 Å². The molecule has 0 saturated carbocycles. The molecule has 20 heavy (non-hydrogen) atoms. The van der Waals surface area contributed by atoms with Crippen LogP contribution in [0.4, 0.5) is 0 Å². The van der Waals surface area contributed by atoms with Crippen LogP contribution < -0.4 is 11.1 Å². The maximum Gasteiger partial charge on any atom is 0.529 e. The number of nitrogens with one attached hydrogen (secondary N) is 1. The summed E-state index contributed by atoms with van der Waals surface area (Å²) < 4.78 is 16.7. The molecule has 5 nitrogen and oxygen atoms in total. The third-order valence-corrected chi connectivity index (χ3v) is 5.07. The lowest BCUT2D eigenvalue weighted by Crippen LogP contribution is -2.44. The topological polar surface area (TPSA) is 65.7 Å². The van der Waals surface area contributed by atoms with Crippen molar-refractivity contribution in [2.75, 3.05) is 40.5 Å². The van der Waals surface area contributed by atoms with E-state index in [2.05, 4.69) is 5.32 Å². The largest absolute Gasteiger partial charge is 0.529 e. The Labute approximate surface area is 122 Å². The van der Waals surface area contributed by atoms with Crippen molar-refractivity contribution in [3.63, 3.8) is 0 Å². The first kappa shape index (κ1) is 17.0. The second kappa shape index (κ2) is 9.81. The van der Waals surface area contributed by atoms with Gasteiger partial charge in [-0.1, -0.05) is 36.4 Å². The Morgan fingerprint density at radius 3 is 2.45 bits per heavy atom. The Hall–Kier alpha value is -1.02. The normalized spacial score (nSPS) is 12.2. The molecule has 112 valence electrons. The first-order chi connectivity index (χ1) is 9.76. The van der Waals surface area contributed by atoms with Crippen LogP contribution in [0.1, 0.15) is 5.56 Å². The predicted octanol–water partition coefficient (Wildman–Crippen LogP) is 1.04. The average Bonchev–Trinajstić information content (AvgIpc) is 2.51. The van der Waals surface area contributed by atoms with E-state index in [4.69, 9.17) is 19.0 Å². The molecule has 3 N–H and O–H groups in total. The van der Waals surface area contributed by atoms with Gasteiger partial charge in [0.25, 0.3) is 0 Å². The standard InChI is InChI=1S/C14H24N2O3Si/c1-17-20(18-2,19-12-11-16-10-9-15)13-8-14-6-4-3-5-7-14/h3-8,13,16H,9-12,15H2,1-2H3. The maximum absolute atomic E-state index is 5.80. The second-order valence-corrected chi connectivity index (χ2v) is 6.79. The van der Waals surface area contributed by atoms with E-state index in [1.165, 1.54) is 0 Å². The minimum atomic E-state index is -2.74. The van der Waals surface area contributed by atoms with Gasteiger partial charge in [-0.15, -0.1) is 0 Å². The van der Waals surface area contributed by atoms with Crippen LogP contribution in [0.3, 0.4) is 0 Å². The number of hydrogen-bond donors (Lipinski definition) is 2. The van der Waals surface area contributed by atoms with Gasteiger partial charge in [-0.25, -0.2) is 0 Å². The summed E-state index contributed by atoms with van der Waals surface area (Å²) >= 11 is 0. The highest BCUT2D eigenvalue weighted by Crippen LogP contribution is 2.12. The number of rotatable bonds is 10. The molecule has 0 atom stereocenters. The van der Waals surface area contributed by atoms with Crippen LogP contribution in [0, 0.1) is 0 Å². The van der Waals surface area contributed by atoms with E-state index in [0.29, 0.717) is 13.2 Å². The fourth-order valence-corrected chi connectivity index (χ4v) is 3.19. The molecule has 0 saturated heterocycles. The van der Waals surface area contributed by atoms with Crippen molar-refractivity contribution in [1.82, 2.24) is 5.32 Å². The number of nitrogens with two attached hydrogens (primary N) is 1. The van der Waals surface area contributed by atoms with Crippen molar-refractivity contribution in [1.29, 1.82) is 0 Å². The average molecular weight is 296 g/mol. The summed E-state index contributed by atoms with van der Waals surface area (Å²) in [5.41, 5.74) is 8.39. The quantitative estimate of drug-likeness (QED) is 0.499. The summed E-state index contributed by atoms with van der Waals surface area (Å²) in [7, 11) is 0.481. The van der Waals surface area contributed by atoms with Crippen LogP contribution in [-0.2, 0) is 13.3 Å². The summed E-state index contributed by atoms with van der Waals surface area (Å²) in [5, 5.41) is 3.17. The summed E-state index contributed by atoms with van der Waals surface area (Å²) in [6, 6.07) is 9.99. The first-order valence-electron chi connectivity index (χ1n) is 6.65. The summed E-state index contributed by atoms with van der Waals surface area (Å²) in [6.45, 7) is 2.63. The Morgan fingerprint density at radius 2 is 1.85 bits per heavy atom. The molecule has 0 aromatic heterocycles. The van der Waals surface area contributed by atoms with Crippen LogP contribution in [-0.4, -0.2) is 49.3 Å².